The second-order valence-electron chi connectivity index (χ2n) is 4.43. The zero-order chi connectivity index (χ0) is 12.5. The summed E-state index contributed by atoms with van der Waals surface area (Å²) >= 11 is 0. The summed E-state index contributed by atoms with van der Waals surface area (Å²) in [6, 6.07) is 0. The summed E-state index contributed by atoms with van der Waals surface area (Å²) in [6.07, 6.45) is 1.38. The van der Waals surface area contributed by atoms with Gasteiger partial charge in [0.25, 0.3) is 0 Å². The highest BCUT2D eigenvalue weighted by atomic mass is 16.5. The summed E-state index contributed by atoms with van der Waals surface area (Å²) < 4.78 is 5.12. The maximum absolute atomic E-state index is 11.8. The van der Waals surface area contributed by atoms with Crippen LogP contribution in [0.1, 0.15) is 32.1 Å². The number of amides is 2. The SMILES string of the molecule is O=C1CCCC(=O)N1C1(C(=O)O)CCOCC1. The molecule has 17 heavy (non-hydrogen) atoms. The lowest BCUT2D eigenvalue weighted by Gasteiger charge is -2.43. The minimum atomic E-state index is -1.38. The maximum atomic E-state index is 11.8. The van der Waals surface area contributed by atoms with Gasteiger partial charge in [0.1, 0.15) is 0 Å². The number of carboxylic acids is 1. The lowest BCUT2D eigenvalue weighted by Crippen LogP contribution is -2.62. The zero-order valence-corrected chi connectivity index (χ0v) is 9.48. The van der Waals surface area contributed by atoms with Gasteiger partial charge in [0, 0.05) is 38.9 Å². The Morgan fingerprint density at radius 2 is 1.71 bits per heavy atom. The zero-order valence-electron chi connectivity index (χ0n) is 9.48. The Bertz CT molecular complexity index is 343. The lowest BCUT2D eigenvalue weighted by molar-refractivity contribution is -0.175. The predicted molar refractivity (Wildman–Crippen MR) is 56.1 cm³/mol. The molecule has 2 aliphatic rings. The van der Waals surface area contributed by atoms with E-state index in [0.717, 1.165) is 4.90 Å². The fraction of sp³-hybridized carbons (Fsp3) is 0.727. The number of carboxylic acid groups (broad SMARTS) is 1. The number of carbonyl (C=O) groups excluding carboxylic acids is 2. The van der Waals surface area contributed by atoms with Crippen LogP contribution in [-0.2, 0) is 19.1 Å². The first-order chi connectivity index (χ1) is 8.08. The molecule has 0 aromatic carbocycles. The Labute approximate surface area is 98.5 Å². The molecule has 0 radical (unpaired) electrons. The second-order valence-corrected chi connectivity index (χ2v) is 4.43. The standard InChI is InChI=1S/C11H15NO5/c13-8-2-1-3-9(14)12(8)11(10(15)16)4-6-17-7-5-11/h1-7H2,(H,15,16). The van der Waals surface area contributed by atoms with E-state index in [2.05, 4.69) is 0 Å². The van der Waals surface area contributed by atoms with Crippen LogP contribution in [0.5, 0.6) is 0 Å². The van der Waals surface area contributed by atoms with Gasteiger partial charge >= 0.3 is 5.97 Å². The van der Waals surface area contributed by atoms with Crippen LogP contribution < -0.4 is 0 Å². The van der Waals surface area contributed by atoms with Gasteiger partial charge in [0.15, 0.2) is 5.54 Å². The van der Waals surface area contributed by atoms with E-state index in [1.54, 1.807) is 0 Å². The molecule has 0 saturated carbocycles. The van der Waals surface area contributed by atoms with Crippen LogP contribution in [0.2, 0.25) is 0 Å². The molecule has 0 bridgehead atoms. The van der Waals surface area contributed by atoms with Crippen LogP contribution in [0.25, 0.3) is 0 Å². The molecule has 2 saturated heterocycles. The number of nitrogens with zero attached hydrogens (tertiary/aromatic N) is 1. The van der Waals surface area contributed by atoms with Crippen molar-refractivity contribution in [2.75, 3.05) is 13.2 Å². The topological polar surface area (TPSA) is 83.9 Å². The van der Waals surface area contributed by atoms with E-state index in [-0.39, 0.29) is 50.7 Å². The van der Waals surface area contributed by atoms with Gasteiger partial charge in [-0.1, -0.05) is 0 Å². The van der Waals surface area contributed by atoms with Crippen LogP contribution in [-0.4, -0.2) is 46.5 Å². The van der Waals surface area contributed by atoms with E-state index < -0.39 is 11.5 Å². The molecular formula is C11H15NO5. The van der Waals surface area contributed by atoms with Crippen molar-refractivity contribution in [2.24, 2.45) is 0 Å². The molecule has 1 N–H and O–H groups in total. The Kier molecular flexibility index (Phi) is 3.15. The summed E-state index contributed by atoms with van der Waals surface area (Å²) in [5.41, 5.74) is -1.38. The quantitative estimate of drug-likeness (QED) is 0.696. The molecular weight excluding hydrogens is 226 g/mol. The Balaban J connectivity index is 2.34. The lowest BCUT2D eigenvalue weighted by atomic mass is 9.86. The third kappa shape index (κ3) is 1.93. The molecule has 0 aromatic heterocycles. The number of piperidine rings is 1. The molecule has 2 rings (SSSR count). The van der Waals surface area contributed by atoms with Gasteiger partial charge in [-0.15, -0.1) is 0 Å². The normalized spacial score (nSPS) is 24.8. The monoisotopic (exact) mass is 241 g/mol. The van der Waals surface area contributed by atoms with E-state index in [9.17, 15) is 19.5 Å². The molecule has 2 amide bonds. The number of likely N-dealkylation sites (tertiary alicyclic amines) is 1. The Morgan fingerprint density at radius 1 is 1.18 bits per heavy atom. The highest BCUT2D eigenvalue weighted by Crippen LogP contribution is 2.32. The van der Waals surface area contributed by atoms with Crippen molar-refractivity contribution in [3.05, 3.63) is 0 Å². The van der Waals surface area contributed by atoms with Gasteiger partial charge in [0.2, 0.25) is 11.8 Å². The van der Waals surface area contributed by atoms with Gasteiger partial charge in [-0.25, -0.2) is 4.79 Å². The van der Waals surface area contributed by atoms with Gasteiger partial charge in [0.05, 0.1) is 0 Å². The molecule has 94 valence electrons. The summed E-state index contributed by atoms with van der Waals surface area (Å²) in [5, 5.41) is 9.37. The fourth-order valence-corrected chi connectivity index (χ4v) is 2.47. The fourth-order valence-electron chi connectivity index (χ4n) is 2.47. The van der Waals surface area contributed by atoms with Gasteiger partial charge < -0.3 is 9.84 Å². The molecule has 0 aromatic rings. The summed E-state index contributed by atoms with van der Waals surface area (Å²) in [5.74, 6) is -1.85. The second kappa shape index (κ2) is 4.44. The Hall–Kier alpha value is -1.43. The van der Waals surface area contributed by atoms with Crippen LogP contribution in [0.3, 0.4) is 0 Å². The van der Waals surface area contributed by atoms with Crippen molar-refractivity contribution in [3.63, 3.8) is 0 Å². The van der Waals surface area contributed by atoms with Crippen molar-refractivity contribution in [1.82, 2.24) is 4.90 Å². The number of ether oxygens (including phenoxy) is 1. The number of carbonyl (C=O) groups is 3. The van der Waals surface area contributed by atoms with Gasteiger partial charge in [-0.3, -0.25) is 14.5 Å². The average molecular weight is 241 g/mol. The minimum absolute atomic E-state index is 0.180. The number of imide groups is 1. The summed E-state index contributed by atoms with van der Waals surface area (Å²) in [6.45, 7) is 0.534. The molecule has 0 aliphatic carbocycles. The molecule has 6 nitrogen and oxygen atoms in total. The molecule has 0 atom stereocenters. The van der Waals surface area contributed by atoms with E-state index >= 15 is 0 Å². The Morgan fingerprint density at radius 3 is 2.18 bits per heavy atom. The van der Waals surface area contributed by atoms with E-state index in [0.29, 0.717) is 6.42 Å². The van der Waals surface area contributed by atoms with E-state index in [4.69, 9.17) is 4.74 Å². The first kappa shape index (κ1) is 12.0. The summed E-state index contributed by atoms with van der Waals surface area (Å²) in [4.78, 5) is 36.1. The minimum Gasteiger partial charge on any atom is -0.479 e. The highest BCUT2D eigenvalue weighted by Gasteiger charge is 2.51. The molecule has 0 unspecified atom stereocenters. The number of aliphatic carboxylic acids is 1. The van der Waals surface area contributed by atoms with Crippen molar-refractivity contribution < 1.29 is 24.2 Å². The summed E-state index contributed by atoms with van der Waals surface area (Å²) in [7, 11) is 0. The van der Waals surface area contributed by atoms with Crippen molar-refractivity contribution in [3.8, 4) is 0 Å². The van der Waals surface area contributed by atoms with Crippen LogP contribution in [0, 0.1) is 0 Å². The smallest absolute Gasteiger partial charge is 0.330 e. The van der Waals surface area contributed by atoms with E-state index in [1.165, 1.54) is 0 Å². The number of hydrogen-bond donors (Lipinski definition) is 1. The molecule has 6 heteroatoms. The van der Waals surface area contributed by atoms with Crippen molar-refractivity contribution in [1.29, 1.82) is 0 Å². The molecule has 2 heterocycles. The van der Waals surface area contributed by atoms with Crippen LogP contribution in [0.4, 0.5) is 0 Å². The van der Waals surface area contributed by atoms with Gasteiger partial charge in [-0.2, -0.15) is 0 Å². The first-order valence-electron chi connectivity index (χ1n) is 5.75. The number of hydrogen-bond acceptors (Lipinski definition) is 4. The third-order valence-corrected chi connectivity index (χ3v) is 3.43. The van der Waals surface area contributed by atoms with Crippen LogP contribution >= 0.6 is 0 Å². The average Bonchev–Trinajstić information content (AvgIpc) is 2.29. The molecule has 2 fully saturated rings. The maximum Gasteiger partial charge on any atom is 0.330 e. The largest absolute Gasteiger partial charge is 0.479 e. The third-order valence-electron chi connectivity index (χ3n) is 3.43. The van der Waals surface area contributed by atoms with Crippen molar-refractivity contribution in [2.45, 2.75) is 37.6 Å². The van der Waals surface area contributed by atoms with E-state index in [1.807, 2.05) is 0 Å². The number of rotatable bonds is 2. The molecule has 0 spiro atoms. The molecule has 2 aliphatic heterocycles. The first-order valence-corrected chi connectivity index (χ1v) is 5.75. The predicted octanol–water partition coefficient (Wildman–Crippen LogP) is 0.159. The van der Waals surface area contributed by atoms with Gasteiger partial charge in [-0.05, 0) is 6.42 Å². The van der Waals surface area contributed by atoms with Crippen LogP contribution in [0.15, 0.2) is 0 Å². The highest BCUT2D eigenvalue weighted by molar-refractivity contribution is 6.02. The van der Waals surface area contributed by atoms with Crippen molar-refractivity contribution >= 4 is 17.8 Å².